The number of carbonyl (C=O) groups is 1. The molecule has 2 heterocycles. The molecule has 0 amide bonds. The van der Waals surface area contributed by atoms with Gasteiger partial charge in [-0.15, -0.1) is 0 Å². The van der Waals surface area contributed by atoms with E-state index in [2.05, 4.69) is 28.8 Å². The van der Waals surface area contributed by atoms with Gasteiger partial charge in [-0.25, -0.2) is 9.13 Å². The van der Waals surface area contributed by atoms with Gasteiger partial charge < -0.3 is 10.0 Å². The summed E-state index contributed by atoms with van der Waals surface area (Å²) in [7, 11) is -1.48. The Kier molecular flexibility index (Phi) is 6.31. The summed E-state index contributed by atoms with van der Waals surface area (Å²) in [6, 6.07) is 23.2. The zero-order valence-electron chi connectivity index (χ0n) is 17.0. The highest BCUT2D eigenvalue weighted by atomic mass is 16.4. The van der Waals surface area contributed by atoms with Gasteiger partial charge in [0.2, 0.25) is 0 Å². The highest BCUT2D eigenvalue weighted by Gasteiger charge is 2.17. The molecule has 2 aromatic carbocycles. The summed E-state index contributed by atoms with van der Waals surface area (Å²) in [6.45, 7) is 1.30. The van der Waals surface area contributed by atoms with Gasteiger partial charge in [0.05, 0.1) is 0 Å². The highest BCUT2D eigenvalue weighted by molar-refractivity contribution is 6.59. The van der Waals surface area contributed by atoms with Crippen LogP contribution in [0.1, 0.15) is 21.5 Å². The van der Waals surface area contributed by atoms with Gasteiger partial charge in [-0.3, -0.25) is 4.79 Å². The maximum Gasteiger partial charge on any atom is 0.488 e. The van der Waals surface area contributed by atoms with Crippen molar-refractivity contribution in [2.75, 3.05) is 0 Å². The molecular weight excluding hydrogens is 387 g/mol. The molecule has 0 bridgehead atoms. The van der Waals surface area contributed by atoms with Crippen molar-refractivity contribution in [1.29, 1.82) is 0 Å². The van der Waals surface area contributed by atoms with E-state index in [1.54, 1.807) is 12.1 Å². The molecule has 0 aliphatic carbocycles. The third kappa shape index (κ3) is 5.12. The van der Waals surface area contributed by atoms with Crippen LogP contribution in [0.15, 0.2) is 97.6 Å². The predicted molar refractivity (Wildman–Crippen MR) is 119 cm³/mol. The van der Waals surface area contributed by atoms with Crippen LogP contribution < -0.4 is 14.6 Å². The molecule has 0 radical (unpaired) electrons. The Morgan fingerprint density at radius 2 is 1.26 bits per heavy atom. The lowest BCUT2D eigenvalue weighted by Gasteiger charge is -2.06. The van der Waals surface area contributed by atoms with E-state index in [-0.39, 0.29) is 0 Å². The first-order valence-electron chi connectivity index (χ1n) is 10.1. The van der Waals surface area contributed by atoms with E-state index >= 15 is 0 Å². The molecule has 0 aliphatic heterocycles. The summed E-state index contributed by atoms with van der Waals surface area (Å²) in [6.07, 6.45) is 8.92. The molecule has 2 aromatic heterocycles. The molecule has 152 valence electrons. The Balaban J connectivity index is 1.45. The minimum atomic E-state index is -1.48. The SMILES string of the molecule is O=Cc1ccc(C[n+]2ccc(-c3cc[n+](Cc4ccccc4B(O)O)cc3)cc2)cc1. The molecule has 4 aromatic rings. The molecule has 0 aliphatic rings. The minimum absolute atomic E-state index is 0.521. The van der Waals surface area contributed by atoms with Crippen molar-refractivity contribution in [3.63, 3.8) is 0 Å². The summed E-state index contributed by atoms with van der Waals surface area (Å²) >= 11 is 0. The summed E-state index contributed by atoms with van der Waals surface area (Å²) in [4.78, 5) is 10.8. The Labute approximate surface area is 181 Å². The van der Waals surface area contributed by atoms with Crippen LogP contribution in [-0.4, -0.2) is 23.5 Å². The number of rotatable bonds is 7. The lowest BCUT2D eigenvalue weighted by atomic mass is 9.77. The molecule has 4 rings (SSSR count). The van der Waals surface area contributed by atoms with Crippen LogP contribution in [0, 0.1) is 0 Å². The summed E-state index contributed by atoms with van der Waals surface area (Å²) in [5.41, 5.74) is 5.43. The van der Waals surface area contributed by atoms with Crippen molar-refractivity contribution in [2.45, 2.75) is 13.1 Å². The Hall–Kier alpha value is -3.61. The van der Waals surface area contributed by atoms with Crippen molar-refractivity contribution in [2.24, 2.45) is 0 Å². The van der Waals surface area contributed by atoms with Gasteiger partial charge in [0.1, 0.15) is 6.29 Å². The van der Waals surface area contributed by atoms with Crippen molar-refractivity contribution in [3.05, 3.63) is 114 Å². The van der Waals surface area contributed by atoms with Crippen LogP contribution in [0.5, 0.6) is 0 Å². The molecule has 0 atom stereocenters. The van der Waals surface area contributed by atoms with Gasteiger partial charge in [-0.2, -0.15) is 0 Å². The van der Waals surface area contributed by atoms with E-state index in [0.717, 1.165) is 35.1 Å². The van der Waals surface area contributed by atoms with Crippen LogP contribution in [0.25, 0.3) is 11.1 Å². The number of nitrogens with zero attached hydrogens (tertiary/aromatic N) is 2. The predicted octanol–water partition coefficient (Wildman–Crippen LogP) is 1.52. The quantitative estimate of drug-likeness (QED) is 0.276. The largest absolute Gasteiger partial charge is 0.488 e. The van der Waals surface area contributed by atoms with E-state index in [1.807, 2.05) is 65.8 Å². The Morgan fingerprint density at radius 3 is 1.81 bits per heavy atom. The molecule has 5 nitrogen and oxygen atoms in total. The van der Waals surface area contributed by atoms with Crippen LogP contribution in [0.2, 0.25) is 0 Å². The average Bonchev–Trinajstić information content (AvgIpc) is 2.81. The number of carbonyl (C=O) groups excluding carboxylic acids is 1. The summed E-state index contributed by atoms with van der Waals surface area (Å²) in [5, 5.41) is 19.1. The van der Waals surface area contributed by atoms with Gasteiger partial charge in [0.15, 0.2) is 37.9 Å². The summed E-state index contributed by atoms with van der Waals surface area (Å²) in [5.74, 6) is 0. The lowest BCUT2D eigenvalue weighted by Crippen LogP contribution is -2.40. The monoisotopic (exact) mass is 410 g/mol. The van der Waals surface area contributed by atoms with Crippen LogP contribution in [0.4, 0.5) is 0 Å². The molecule has 2 N–H and O–H groups in total. The smallest absolute Gasteiger partial charge is 0.423 e. The van der Waals surface area contributed by atoms with Crippen molar-refractivity contribution >= 4 is 18.9 Å². The second kappa shape index (κ2) is 9.47. The Morgan fingerprint density at radius 1 is 0.710 bits per heavy atom. The number of hydrogen-bond donors (Lipinski definition) is 2. The third-order valence-electron chi connectivity index (χ3n) is 5.28. The first-order chi connectivity index (χ1) is 15.1. The van der Waals surface area contributed by atoms with E-state index in [4.69, 9.17) is 0 Å². The topological polar surface area (TPSA) is 65.3 Å². The first kappa shape index (κ1) is 20.7. The van der Waals surface area contributed by atoms with E-state index in [9.17, 15) is 14.8 Å². The molecule has 0 spiro atoms. The van der Waals surface area contributed by atoms with Crippen molar-refractivity contribution in [3.8, 4) is 11.1 Å². The molecular formula is C25H23BN2O3+2. The maximum atomic E-state index is 10.8. The number of aldehydes is 1. The normalized spacial score (nSPS) is 10.6. The lowest BCUT2D eigenvalue weighted by molar-refractivity contribution is -0.688. The zero-order valence-corrected chi connectivity index (χ0v) is 17.0. The van der Waals surface area contributed by atoms with Gasteiger partial charge in [-0.1, -0.05) is 48.5 Å². The standard InChI is InChI=1S/C25H23BN2O3/c29-19-21-7-5-20(6-8-21)17-27-13-9-22(10-14-27)23-11-15-28(16-12-23)18-24-3-1-2-4-25(24)26(30)31/h1-16,19,30-31H,17-18H2/q+2. The maximum absolute atomic E-state index is 10.8. The zero-order chi connectivity index (χ0) is 21.6. The molecule has 6 heteroatoms. The number of hydrogen-bond acceptors (Lipinski definition) is 3. The van der Waals surface area contributed by atoms with E-state index < -0.39 is 7.12 Å². The molecule has 0 fully saturated rings. The molecule has 31 heavy (non-hydrogen) atoms. The fourth-order valence-corrected chi connectivity index (χ4v) is 3.55. The first-order valence-corrected chi connectivity index (χ1v) is 10.1. The number of aromatic nitrogens is 2. The second-order valence-electron chi connectivity index (χ2n) is 7.45. The van der Waals surface area contributed by atoms with Gasteiger partial charge in [0.25, 0.3) is 0 Å². The fraction of sp³-hybridized carbons (Fsp3) is 0.0800. The Bertz CT molecular complexity index is 1160. The highest BCUT2D eigenvalue weighted by Crippen LogP contribution is 2.16. The third-order valence-corrected chi connectivity index (χ3v) is 5.28. The van der Waals surface area contributed by atoms with Gasteiger partial charge in [0, 0.05) is 41.0 Å². The summed E-state index contributed by atoms with van der Waals surface area (Å²) < 4.78 is 4.11. The van der Waals surface area contributed by atoms with E-state index in [1.165, 1.54) is 0 Å². The second-order valence-corrected chi connectivity index (χ2v) is 7.45. The van der Waals surface area contributed by atoms with Crippen LogP contribution in [-0.2, 0) is 13.1 Å². The van der Waals surface area contributed by atoms with Crippen molar-refractivity contribution in [1.82, 2.24) is 0 Å². The number of benzene rings is 2. The molecule has 0 saturated carbocycles. The number of pyridine rings is 2. The van der Waals surface area contributed by atoms with Gasteiger partial charge in [-0.05, 0) is 16.6 Å². The minimum Gasteiger partial charge on any atom is -0.423 e. The fourth-order valence-electron chi connectivity index (χ4n) is 3.55. The van der Waals surface area contributed by atoms with Crippen molar-refractivity contribution < 1.29 is 24.0 Å². The van der Waals surface area contributed by atoms with Gasteiger partial charge >= 0.3 is 7.12 Å². The average molecular weight is 410 g/mol. The molecule has 0 saturated heterocycles. The molecule has 0 unspecified atom stereocenters. The van der Waals surface area contributed by atoms with E-state index in [0.29, 0.717) is 17.6 Å². The van der Waals surface area contributed by atoms with Crippen LogP contribution >= 0.6 is 0 Å². The van der Waals surface area contributed by atoms with Crippen LogP contribution in [0.3, 0.4) is 0 Å².